The minimum Gasteiger partial charge on any atom is -0.123 e. The Morgan fingerprint density at radius 2 is 0.680 bits per heavy atom. The topological polar surface area (TPSA) is 0 Å². The van der Waals surface area contributed by atoms with Gasteiger partial charge in [-0.1, -0.05) is 136 Å². The van der Waals surface area contributed by atoms with Crippen LogP contribution in [0.15, 0.2) is 0 Å². The molecule has 1 atom stereocenters. The summed E-state index contributed by atoms with van der Waals surface area (Å²) in [6.07, 6.45) is 29.6. The molecule has 0 heterocycles. The van der Waals surface area contributed by atoms with Crippen molar-refractivity contribution in [3.8, 4) is 0 Å². The Kier molecular flexibility index (Phi) is 22.6. The van der Waals surface area contributed by atoms with E-state index in [9.17, 15) is 0 Å². The highest BCUT2D eigenvalue weighted by Crippen LogP contribution is 2.17. The molecule has 0 radical (unpaired) electrons. The summed E-state index contributed by atoms with van der Waals surface area (Å²) in [5.41, 5.74) is 0. The van der Waals surface area contributed by atoms with Crippen molar-refractivity contribution in [3.63, 3.8) is 0 Å². The molecule has 0 bridgehead atoms. The van der Waals surface area contributed by atoms with Crippen LogP contribution in [0.3, 0.4) is 0 Å². The van der Waals surface area contributed by atoms with E-state index in [1.165, 1.54) is 135 Å². The largest absolute Gasteiger partial charge is 0.123 e. The Hall–Kier alpha value is 0.290. The number of hydrogen-bond donors (Lipinski definition) is 0. The van der Waals surface area contributed by atoms with E-state index < -0.39 is 0 Å². The summed E-state index contributed by atoms with van der Waals surface area (Å²) in [7, 11) is 0. The van der Waals surface area contributed by atoms with E-state index in [2.05, 4.69) is 13.8 Å². The predicted molar refractivity (Wildman–Crippen MR) is 118 cm³/mol. The van der Waals surface area contributed by atoms with Gasteiger partial charge in [-0.2, -0.15) is 0 Å². The molecule has 0 spiro atoms. The van der Waals surface area contributed by atoms with Gasteiger partial charge in [0, 0.05) is 5.38 Å². The molecule has 25 heavy (non-hydrogen) atoms. The Labute approximate surface area is 165 Å². The number of hydrogen-bond acceptors (Lipinski definition) is 0. The van der Waals surface area contributed by atoms with Crippen molar-refractivity contribution in [2.24, 2.45) is 0 Å². The van der Waals surface area contributed by atoms with Gasteiger partial charge in [-0.25, -0.2) is 0 Å². The molecule has 0 rings (SSSR count). The fourth-order valence-electron chi connectivity index (χ4n) is 3.66. The van der Waals surface area contributed by atoms with Crippen LogP contribution in [0.5, 0.6) is 0 Å². The third kappa shape index (κ3) is 22.2. The maximum absolute atomic E-state index is 6.33. The van der Waals surface area contributed by atoms with Crippen LogP contribution in [-0.4, -0.2) is 5.38 Å². The second kappa shape index (κ2) is 22.3. The van der Waals surface area contributed by atoms with Crippen LogP contribution in [-0.2, 0) is 0 Å². The van der Waals surface area contributed by atoms with E-state index in [1.807, 2.05) is 0 Å². The van der Waals surface area contributed by atoms with Gasteiger partial charge in [0.25, 0.3) is 0 Å². The first-order chi connectivity index (χ1) is 12.3. The lowest BCUT2D eigenvalue weighted by atomic mass is 10.0. The van der Waals surface area contributed by atoms with Gasteiger partial charge in [0.15, 0.2) is 0 Å². The van der Waals surface area contributed by atoms with Crippen LogP contribution in [0, 0.1) is 0 Å². The Bertz CT molecular complexity index is 226. The standard InChI is InChI=1S/C24H49Cl/c1-3-5-7-8-9-10-11-12-13-14-15-16-17-18-19-20-21-23-24(25)22-6-4-2/h24H,3-23H2,1-2H3. The molecule has 0 N–H and O–H groups in total. The molecule has 0 aliphatic rings. The zero-order chi connectivity index (χ0) is 18.4. The summed E-state index contributed by atoms with van der Waals surface area (Å²) in [6, 6.07) is 0. The third-order valence-electron chi connectivity index (χ3n) is 5.49. The summed E-state index contributed by atoms with van der Waals surface area (Å²) >= 11 is 6.33. The molecule has 0 saturated carbocycles. The Balaban J connectivity index is 3.03. The molecule has 0 fully saturated rings. The number of alkyl halides is 1. The van der Waals surface area contributed by atoms with Gasteiger partial charge in [0.2, 0.25) is 0 Å². The molecule has 0 aromatic rings. The molecule has 0 aromatic heterocycles. The van der Waals surface area contributed by atoms with E-state index >= 15 is 0 Å². The highest BCUT2D eigenvalue weighted by atomic mass is 35.5. The summed E-state index contributed by atoms with van der Waals surface area (Å²) in [5.74, 6) is 0. The average molecular weight is 373 g/mol. The molecular weight excluding hydrogens is 324 g/mol. The molecule has 0 saturated heterocycles. The fraction of sp³-hybridized carbons (Fsp3) is 1.00. The van der Waals surface area contributed by atoms with Crippen LogP contribution in [0.4, 0.5) is 0 Å². The minimum atomic E-state index is 0.441. The van der Waals surface area contributed by atoms with Gasteiger partial charge in [-0.15, -0.1) is 11.6 Å². The molecule has 1 unspecified atom stereocenters. The third-order valence-corrected chi connectivity index (χ3v) is 5.93. The van der Waals surface area contributed by atoms with E-state index in [4.69, 9.17) is 11.6 Å². The first-order valence-corrected chi connectivity index (χ1v) is 12.4. The number of halogens is 1. The molecule has 0 aromatic carbocycles. The van der Waals surface area contributed by atoms with Crippen LogP contribution in [0.2, 0.25) is 0 Å². The van der Waals surface area contributed by atoms with Crippen LogP contribution in [0.25, 0.3) is 0 Å². The monoisotopic (exact) mass is 372 g/mol. The summed E-state index contributed by atoms with van der Waals surface area (Å²) < 4.78 is 0. The quantitative estimate of drug-likeness (QED) is 0.139. The first kappa shape index (κ1) is 25.3. The molecular formula is C24H49Cl. The van der Waals surface area contributed by atoms with Gasteiger partial charge < -0.3 is 0 Å². The fourth-order valence-corrected chi connectivity index (χ4v) is 3.97. The van der Waals surface area contributed by atoms with Gasteiger partial charge in [-0.3, -0.25) is 0 Å². The molecule has 0 aliphatic carbocycles. The van der Waals surface area contributed by atoms with Crippen molar-refractivity contribution in [2.75, 3.05) is 0 Å². The second-order valence-electron chi connectivity index (χ2n) is 8.19. The normalized spacial score (nSPS) is 12.6. The van der Waals surface area contributed by atoms with E-state index in [0.29, 0.717) is 5.38 Å². The predicted octanol–water partition coefficient (Wildman–Crippen LogP) is 9.83. The summed E-state index contributed by atoms with van der Waals surface area (Å²) in [6.45, 7) is 4.55. The zero-order valence-electron chi connectivity index (χ0n) is 17.8. The van der Waals surface area contributed by atoms with Crippen molar-refractivity contribution >= 4 is 11.6 Å². The van der Waals surface area contributed by atoms with E-state index in [-0.39, 0.29) is 0 Å². The van der Waals surface area contributed by atoms with Crippen molar-refractivity contribution < 1.29 is 0 Å². The van der Waals surface area contributed by atoms with Gasteiger partial charge >= 0.3 is 0 Å². The van der Waals surface area contributed by atoms with E-state index in [1.54, 1.807) is 0 Å². The minimum absolute atomic E-state index is 0.441. The van der Waals surface area contributed by atoms with Crippen molar-refractivity contribution in [3.05, 3.63) is 0 Å². The van der Waals surface area contributed by atoms with Crippen LogP contribution >= 0.6 is 11.6 Å². The van der Waals surface area contributed by atoms with Gasteiger partial charge in [-0.05, 0) is 12.8 Å². The number of rotatable bonds is 21. The first-order valence-electron chi connectivity index (χ1n) is 11.9. The van der Waals surface area contributed by atoms with Crippen LogP contribution < -0.4 is 0 Å². The summed E-state index contributed by atoms with van der Waals surface area (Å²) in [5, 5.41) is 0.441. The molecule has 0 nitrogen and oxygen atoms in total. The molecule has 152 valence electrons. The SMILES string of the molecule is CCCCCCCCCCCCCCCCCCCC(Cl)CCCC. The lowest BCUT2D eigenvalue weighted by Crippen LogP contribution is -1.97. The average Bonchev–Trinajstić information content (AvgIpc) is 2.62. The van der Waals surface area contributed by atoms with Gasteiger partial charge in [0.1, 0.15) is 0 Å². The van der Waals surface area contributed by atoms with Crippen molar-refractivity contribution in [1.82, 2.24) is 0 Å². The lowest BCUT2D eigenvalue weighted by molar-refractivity contribution is 0.521. The Morgan fingerprint density at radius 3 is 1.04 bits per heavy atom. The summed E-state index contributed by atoms with van der Waals surface area (Å²) in [4.78, 5) is 0. The molecule has 1 heteroatoms. The van der Waals surface area contributed by atoms with E-state index in [0.717, 1.165) is 0 Å². The smallest absolute Gasteiger partial charge is 0.0336 e. The highest BCUT2D eigenvalue weighted by Gasteiger charge is 2.03. The number of unbranched alkanes of at least 4 members (excludes halogenated alkanes) is 17. The highest BCUT2D eigenvalue weighted by molar-refractivity contribution is 6.20. The molecule has 0 amide bonds. The van der Waals surface area contributed by atoms with Crippen LogP contribution in [0.1, 0.15) is 149 Å². The second-order valence-corrected chi connectivity index (χ2v) is 8.80. The maximum atomic E-state index is 6.33. The Morgan fingerprint density at radius 1 is 0.400 bits per heavy atom. The van der Waals surface area contributed by atoms with Crippen molar-refractivity contribution in [1.29, 1.82) is 0 Å². The molecule has 0 aliphatic heterocycles. The lowest BCUT2D eigenvalue weighted by Gasteiger charge is -2.08. The van der Waals surface area contributed by atoms with Crippen molar-refractivity contribution in [2.45, 2.75) is 154 Å². The van der Waals surface area contributed by atoms with Gasteiger partial charge in [0.05, 0.1) is 0 Å². The maximum Gasteiger partial charge on any atom is 0.0336 e. The zero-order valence-corrected chi connectivity index (χ0v) is 18.6.